The van der Waals surface area contributed by atoms with Crippen LogP contribution in [-0.2, 0) is 0 Å². The van der Waals surface area contributed by atoms with Crippen molar-refractivity contribution < 1.29 is 5.11 Å². The molecule has 1 heterocycles. The summed E-state index contributed by atoms with van der Waals surface area (Å²) in [5, 5.41) is 15.8. The summed E-state index contributed by atoms with van der Waals surface area (Å²) in [6, 6.07) is 30.2. The molecule has 0 amide bonds. The van der Waals surface area contributed by atoms with E-state index in [1.165, 1.54) is 32.7 Å². The van der Waals surface area contributed by atoms with Crippen LogP contribution in [0.3, 0.4) is 0 Å². The monoisotopic (exact) mass is 353 g/mol. The lowest BCUT2D eigenvalue weighted by Crippen LogP contribution is -2.34. The second kappa shape index (κ2) is 6.80. The van der Waals surface area contributed by atoms with Gasteiger partial charge >= 0.3 is 0 Å². The normalized spacial score (nSPS) is 17.9. The third-order valence-corrected chi connectivity index (χ3v) is 5.83. The van der Waals surface area contributed by atoms with E-state index in [4.69, 9.17) is 0 Å². The van der Waals surface area contributed by atoms with Crippen LogP contribution in [0, 0.1) is 0 Å². The van der Waals surface area contributed by atoms with Gasteiger partial charge in [-0.05, 0) is 45.5 Å². The molecule has 1 atom stereocenters. The van der Waals surface area contributed by atoms with Gasteiger partial charge in [0.2, 0.25) is 0 Å². The van der Waals surface area contributed by atoms with Crippen molar-refractivity contribution in [1.82, 2.24) is 4.90 Å². The molecule has 0 aromatic heterocycles. The zero-order chi connectivity index (χ0) is 18.2. The highest BCUT2D eigenvalue weighted by atomic mass is 16.3. The van der Waals surface area contributed by atoms with Crippen LogP contribution >= 0.6 is 0 Å². The molecule has 134 valence electrons. The Balaban J connectivity index is 1.79. The van der Waals surface area contributed by atoms with Gasteiger partial charge in [0.25, 0.3) is 0 Å². The molecule has 4 aromatic carbocycles. The number of rotatable bonds is 3. The summed E-state index contributed by atoms with van der Waals surface area (Å²) in [5.74, 6) is 0. The molecule has 0 aliphatic carbocycles. The lowest BCUT2D eigenvalue weighted by atomic mass is 9.89. The van der Waals surface area contributed by atoms with Crippen molar-refractivity contribution in [2.75, 3.05) is 6.54 Å². The Morgan fingerprint density at radius 3 is 1.74 bits per heavy atom. The minimum absolute atomic E-state index is 0.0414. The van der Waals surface area contributed by atoms with Crippen LogP contribution in [0.4, 0.5) is 0 Å². The minimum atomic E-state index is -0.395. The molecule has 2 heteroatoms. The highest BCUT2D eigenvalue weighted by molar-refractivity contribution is 5.90. The number of hydrogen-bond donors (Lipinski definition) is 1. The number of fused-ring (bicyclic) bond motifs is 2. The topological polar surface area (TPSA) is 23.5 Å². The molecule has 2 nitrogen and oxygen atoms in total. The third-order valence-electron chi connectivity index (χ3n) is 5.83. The first-order chi connectivity index (χ1) is 13.3. The van der Waals surface area contributed by atoms with Crippen LogP contribution in [0.25, 0.3) is 21.5 Å². The highest BCUT2D eigenvalue weighted by Gasteiger charge is 2.33. The highest BCUT2D eigenvalue weighted by Crippen LogP contribution is 2.39. The number of nitrogens with zero attached hydrogens (tertiary/aromatic N) is 1. The molecular formula is C25H23NO. The SMILES string of the molecule is OC1CCCN1C(c1cccc2ccccc12)c1cccc2ccccc12. The van der Waals surface area contributed by atoms with Gasteiger partial charge in [0.15, 0.2) is 0 Å². The zero-order valence-electron chi connectivity index (χ0n) is 15.3. The van der Waals surface area contributed by atoms with Gasteiger partial charge < -0.3 is 5.11 Å². The Labute approximate surface area is 159 Å². The Morgan fingerprint density at radius 1 is 0.704 bits per heavy atom. The molecule has 5 rings (SSSR count). The van der Waals surface area contributed by atoms with E-state index in [1.807, 2.05) is 0 Å². The smallest absolute Gasteiger partial charge is 0.108 e. The van der Waals surface area contributed by atoms with Gasteiger partial charge in [-0.2, -0.15) is 0 Å². The largest absolute Gasteiger partial charge is 0.378 e. The average Bonchev–Trinajstić information content (AvgIpc) is 3.14. The minimum Gasteiger partial charge on any atom is -0.378 e. The molecular weight excluding hydrogens is 330 g/mol. The maximum atomic E-state index is 10.8. The first kappa shape index (κ1) is 16.5. The van der Waals surface area contributed by atoms with Gasteiger partial charge in [0, 0.05) is 6.54 Å². The lowest BCUT2D eigenvalue weighted by molar-refractivity contribution is 0.0189. The number of hydrogen-bond acceptors (Lipinski definition) is 2. The third kappa shape index (κ3) is 2.82. The van der Waals surface area contributed by atoms with E-state index < -0.39 is 6.23 Å². The summed E-state index contributed by atoms with van der Waals surface area (Å²) < 4.78 is 0. The van der Waals surface area contributed by atoms with Gasteiger partial charge in [-0.15, -0.1) is 0 Å². The molecule has 4 aromatic rings. The summed E-state index contributed by atoms with van der Waals surface area (Å²) in [6.07, 6.45) is 1.48. The molecule has 27 heavy (non-hydrogen) atoms. The molecule has 0 bridgehead atoms. The summed E-state index contributed by atoms with van der Waals surface area (Å²) in [7, 11) is 0. The quantitative estimate of drug-likeness (QED) is 0.526. The second-order valence-corrected chi connectivity index (χ2v) is 7.40. The number of benzene rings is 4. The molecule has 1 fully saturated rings. The fraction of sp³-hybridized carbons (Fsp3) is 0.200. The van der Waals surface area contributed by atoms with E-state index in [2.05, 4.69) is 89.8 Å². The molecule has 0 radical (unpaired) electrons. The van der Waals surface area contributed by atoms with Gasteiger partial charge in [-0.1, -0.05) is 84.9 Å². The molecule has 0 saturated carbocycles. The van der Waals surface area contributed by atoms with Crippen molar-refractivity contribution in [2.45, 2.75) is 25.1 Å². The van der Waals surface area contributed by atoms with Crippen molar-refractivity contribution in [3.05, 3.63) is 96.1 Å². The summed E-state index contributed by atoms with van der Waals surface area (Å²) in [6.45, 7) is 0.915. The molecule has 1 unspecified atom stereocenters. The Hall–Kier alpha value is -2.68. The molecule has 1 saturated heterocycles. The van der Waals surface area contributed by atoms with Crippen LogP contribution < -0.4 is 0 Å². The maximum Gasteiger partial charge on any atom is 0.108 e. The first-order valence-electron chi connectivity index (χ1n) is 9.72. The summed E-state index contributed by atoms with van der Waals surface area (Å²) in [5.41, 5.74) is 2.54. The van der Waals surface area contributed by atoms with E-state index in [0.29, 0.717) is 0 Å². The Kier molecular flexibility index (Phi) is 4.16. The molecule has 1 N–H and O–H groups in total. The Bertz CT molecular complexity index is 1010. The lowest BCUT2D eigenvalue weighted by Gasteiger charge is -2.33. The summed E-state index contributed by atoms with van der Waals surface area (Å²) in [4.78, 5) is 2.27. The summed E-state index contributed by atoms with van der Waals surface area (Å²) >= 11 is 0. The Morgan fingerprint density at radius 2 is 1.22 bits per heavy atom. The van der Waals surface area contributed by atoms with Crippen LogP contribution in [0.2, 0.25) is 0 Å². The van der Waals surface area contributed by atoms with Gasteiger partial charge in [-0.25, -0.2) is 0 Å². The van der Waals surface area contributed by atoms with Crippen molar-refractivity contribution in [3.63, 3.8) is 0 Å². The first-order valence-corrected chi connectivity index (χ1v) is 9.72. The average molecular weight is 353 g/mol. The van der Waals surface area contributed by atoms with Gasteiger partial charge in [0.1, 0.15) is 6.23 Å². The predicted molar refractivity (Wildman–Crippen MR) is 112 cm³/mol. The van der Waals surface area contributed by atoms with Crippen molar-refractivity contribution in [3.8, 4) is 0 Å². The van der Waals surface area contributed by atoms with Crippen LogP contribution in [-0.4, -0.2) is 22.8 Å². The van der Waals surface area contributed by atoms with Crippen molar-refractivity contribution in [2.24, 2.45) is 0 Å². The van der Waals surface area contributed by atoms with E-state index in [1.54, 1.807) is 0 Å². The maximum absolute atomic E-state index is 10.8. The number of likely N-dealkylation sites (tertiary alicyclic amines) is 1. The van der Waals surface area contributed by atoms with E-state index >= 15 is 0 Å². The predicted octanol–water partition coefficient (Wildman–Crippen LogP) is 5.50. The van der Waals surface area contributed by atoms with E-state index in [0.717, 1.165) is 19.4 Å². The van der Waals surface area contributed by atoms with Crippen LogP contribution in [0.5, 0.6) is 0 Å². The van der Waals surface area contributed by atoms with Crippen LogP contribution in [0.15, 0.2) is 84.9 Å². The van der Waals surface area contributed by atoms with Crippen molar-refractivity contribution in [1.29, 1.82) is 0 Å². The van der Waals surface area contributed by atoms with Gasteiger partial charge in [-0.3, -0.25) is 4.90 Å². The van der Waals surface area contributed by atoms with Crippen molar-refractivity contribution >= 4 is 21.5 Å². The molecule has 0 spiro atoms. The zero-order valence-corrected chi connectivity index (χ0v) is 15.3. The molecule has 1 aliphatic rings. The van der Waals surface area contributed by atoms with Gasteiger partial charge in [0.05, 0.1) is 6.04 Å². The second-order valence-electron chi connectivity index (χ2n) is 7.40. The van der Waals surface area contributed by atoms with E-state index in [-0.39, 0.29) is 6.04 Å². The van der Waals surface area contributed by atoms with Crippen LogP contribution in [0.1, 0.15) is 30.0 Å². The van der Waals surface area contributed by atoms with E-state index in [9.17, 15) is 5.11 Å². The fourth-order valence-corrected chi connectivity index (χ4v) is 4.58. The number of aliphatic hydroxyl groups excluding tert-OH is 1. The fourth-order valence-electron chi connectivity index (χ4n) is 4.58. The molecule has 1 aliphatic heterocycles. The standard InChI is InChI=1S/C25H23NO/c27-24-16-7-17-26(24)25(22-14-5-10-18-8-1-3-12-20(18)22)23-15-6-11-19-9-2-4-13-21(19)23/h1-6,8-15,24-25,27H,7,16-17H2. The number of aliphatic hydroxyl groups is 1.